The lowest BCUT2D eigenvalue weighted by atomic mass is 10.0. The smallest absolute Gasteiger partial charge is 0.408 e. The molecule has 2 aromatic carbocycles. The highest BCUT2D eigenvalue weighted by Gasteiger charge is 2.37. The summed E-state index contributed by atoms with van der Waals surface area (Å²) in [5.74, 6) is -2.70. The summed E-state index contributed by atoms with van der Waals surface area (Å²) in [6, 6.07) is 10.1. The number of phenolic OH excluding ortho intramolecular Hbond substituents is 1. The van der Waals surface area contributed by atoms with Crippen LogP contribution in [0.1, 0.15) is 50.8 Å². The highest BCUT2D eigenvalue weighted by atomic mass is 35.5. The maximum absolute atomic E-state index is 13.7. The van der Waals surface area contributed by atoms with E-state index >= 15 is 0 Å². The summed E-state index contributed by atoms with van der Waals surface area (Å²) >= 11 is 6.27. The minimum Gasteiger partial charge on any atom is -0.508 e. The molecular formula is C27H31ClN4O6. The van der Waals surface area contributed by atoms with Crippen LogP contribution in [0, 0.1) is 19.4 Å². The normalized spacial score (nSPS) is 12.4. The Kier molecular flexibility index (Phi) is 10.1. The van der Waals surface area contributed by atoms with Crippen molar-refractivity contribution in [3.8, 4) is 18.2 Å². The fraction of sp³-hybridized carbons (Fsp3) is 0.333. The van der Waals surface area contributed by atoms with Gasteiger partial charge in [-0.1, -0.05) is 48.4 Å². The molecule has 4 amide bonds. The van der Waals surface area contributed by atoms with Gasteiger partial charge >= 0.3 is 6.09 Å². The maximum Gasteiger partial charge on any atom is 0.408 e. The molecule has 0 bridgehead atoms. The van der Waals surface area contributed by atoms with Gasteiger partial charge in [0.25, 0.3) is 11.8 Å². The van der Waals surface area contributed by atoms with Gasteiger partial charge in [-0.2, -0.15) is 0 Å². The highest BCUT2D eigenvalue weighted by Crippen LogP contribution is 2.32. The number of rotatable bonds is 9. The zero-order valence-corrected chi connectivity index (χ0v) is 22.3. The molecule has 0 spiro atoms. The summed E-state index contributed by atoms with van der Waals surface area (Å²) in [5, 5.41) is 15.9. The van der Waals surface area contributed by atoms with Crippen molar-refractivity contribution < 1.29 is 29.0 Å². The van der Waals surface area contributed by atoms with Crippen molar-refractivity contribution in [1.82, 2.24) is 10.2 Å². The third kappa shape index (κ3) is 8.15. The fourth-order valence-corrected chi connectivity index (χ4v) is 3.79. The Hall–Kier alpha value is -4.23. The molecule has 0 heterocycles. The van der Waals surface area contributed by atoms with Crippen molar-refractivity contribution in [2.24, 2.45) is 5.73 Å². The second-order valence-corrected chi connectivity index (χ2v) is 9.83. The van der Waals surface area contributed by atoms with Crippen LogP contribution in [0.25, 0.3) is 0 Å². The Morgan fingerprint density at radius 2 is 1.82 bits per heavy atom. The molecular weight excluding hydrogens is 512 g/mol. The number of carbonyl (C=O) groups excluding carboxylic acids is 4. The van der Waals surface area contributed by atoms with E-state index in [1.807, 2.05) is 0 Å². The van der Waals surface area contributed by atoms with Crippen molar-refractivity contribution in [2.45, 2.75) is 58.2 Å². The number of amides is 4. The van der Waals surface area contributed by atoms with Crippen LogP contribution in [0.3, 0.4) is 0 Å². The van der Waals surface area contributed by atoms with Crippen molar-refractivity contribution in [2.75, 3.05) is 5.32 Å². The Bertz CT molecular complexity index is 1230. The first-order chi connectivity index (χ1) is 17.7. The molecule has 0 fully saturated rings. The number of benzene rings is 2. The molecule has 0 saturated carbocycles. The van der Waals surface area contributed by atoms with Gasteiger partial charge < -0.3 is 26.2 Å². The van der Waals surface area contributed by atoms with Crippen LogP contribution in [0.5, 0.6) is 5.75 Å². The van der Waals surface area contributed by atoms with Gasteiger partial charge in [-0.25, -0.2) is 4.79 Å². The van der Waals surface area contributed by atoms with Crippen LogP contribution in [0.4, 0.5) is 10.5 Å². The van der Waals surface area contributed by atoms with Crippen molar-refractivity contribution in [3.05, 3.63) is 58.6 Å². The van der Waals surface area contributed by atoms with E-state index in [1.54, 1.807) is 52.0 Å². The van der Waals surface area contributed by atoms with Gasteiger partial charge in [0.1, 0.15) is 17.4 Å². The molecule has 2 atom stereocenters. The molecule has 5 N–H and O–H groups in total. The zero-order chi connectivity index (χ0) is 28.6. The number of nitrogens with one attached hydrogen (secondary N) is 2. The van der Waals surface area contributed by atoms with Crippen LogP contribution < -0.4 is 16.4 Å². The van der Waals surface area contributed by atoms with E-state index in [0.29, 0.717) is 11.3 Å². The summed E-state index contributed by atoms with van der Waals surface area (Å²) < 4.78 is 5.23. The number of ether oxygens (including phenoxy) is 1. The number of alkyl carbamates (subject to hydrolysis) is 1. The highest BCUT2D eigenvalue weighted by molar-refractivity contribution is 6.34. The quantitative estimate of drug-likeness (QED) is 0.281. The largest absolute Gasteiger partial charge is 0.508 e. The number of anilines is 1. The molecule has 0 aromatic heterocycles. The van der Waals surface area contributed by atoms with Gasteiger partial charge in [0.15, 0.2) is 6.04 Å². The Morgan fingerprint density at radius 3 is 2.37 bits per heavy atom. The molecule has 2 aromatic rings. The number of phenols is 1. The van der Waals surface area contributed by atoms with Gasteiger partial charge in [-0.3, -0.25) is 19.3 Å². The number of para-hydroxylation sites is 2. The number of nitrogens with two attached hydrogens (primary N) is 1. The standard InChI is InChI=1S/C27H31ClN4O6/c1-6-32(25(36)19(14-15-21(29)34)30-26(37)38-27(3,4)5)23(17-11-7-8-13-20(17)33)24(35)31-22-16(2)10-9-12-18(22)28/h1,7-13,19,23,33H,14-15H2,2-5H3,(H2,29,34)(H,30,37)(H,31,35). The van der Waals surface area contributed by atoms with E-state index in [2.05, 4.69) is 16.7 Å². The van der Waals surface area contributed by atoms with Crippen molar-refractivity contribution in [3.63, 3.8) is 0 Å². The summed E-state index contributed by atoms with van der Waals surface area (Å²) in [6.45, 7) is 6.63. The SMILES string of the molecule is C#CN(C(=O)C(CCC(N)=O)NC(=O)OC(C)(C)C)C(C(=O)Nc1c(C)cccc1Cl)c1ccccc1O. The van der Waals surface area contributed by atoms with Crippen LogP contribution >= 0.6 is 11.6 Å². The molecule has 202 valence electrons. The predicted molar refractivity (Wildman–Crippen MR) is 143 cm³/mol. The lowest BCUT2D eigenvalue weighted by Crippen LogP contribution is -2.51. The number of primary amides is 1. The predicted octanol–water partition coefficient (Wildman–Crippen LogP) is 3.61. The minimum atomic E-state index is -1.54. The van der Waals surface area contributed by atoms with Crippen LogP contribution in [-0.4, -0.2) is 45.5 Å². The maximum atomic E-state index is 13.7. The molecule has 0 aliphatic carbocycles. The summed E-state index contributed by atoms with van der Waals surface area (Å²) in [6.07, 6.45) is 4.29. The van der Waals surface area contributed by atoms with Gasteiger partial charge in [0, 0.05) is 18.0 Å². The number of hydrogen-bond donors (Lipinski definition) is 4. The topological polar surface area (TPSA) is 151 Å². The summed E-state index contributed by atoms with van der Waals surface area (Å²) in [7, 11) is 0. The number of halogens is 1. The second-order valence-electron chi connectivity index (χ2n) is 9.42. The average Bonchev–Trinajstić information content (AvgIpc) is 2.81. The molecule has 0 aliphatic heterocycles. The molecule has 38 heavy (non-hydrogen) atoms. The van der Waals surface area contributed by atoms with Crippen LogP contribution in [0.2, 0.25) is 5.02 Å². The Morgan fingerprint density at radius 1 is 1.16 bits per heavy atom. The number of aromatic hydroxyl groups is 1. The van der Waals surface area contributed by atoms with Gasteiger partial charge in [0.05, 0.1) is 10.7 Å². The second kappa shape index (κ2) is 12.8. The van der Waals surface area contributed by atoms with Crippen LogP contribution in [-0.2, 0) is 19.1 Å². The number of terminal acetylenes is 1. The molecule has 0 aliphatic rings. The summed E-state index contributed by atoms with van der Waals surface area (Å²) in [4.78, 5) is 52.0. The van der Waals surface area contributed by atoms with Crippen molar-refractivity contribution in [1.29, 1.82) is 0 Å². The van der Waals surface area contributed by atoms with E-state index in [-0.39, 0.29) is 29.2 Å². The third-order valence-electron chi connectivity index (χ3n) is 5.25. The molecule has 10 nitrogen and oxygen atoms in total. The molecule has 2 unspecified atom stereocenters. The minimum absolute atomic E-state index is 0.0203. The first kappa shape index (κ1) is 30.0. The molecule has 2 rings (SSSR count). The molecule has 0 radical (unpaired) electrons. The lowest BCUT2D eigenvalue weighted by Gasteiger charge is -2.30. The zero-order valence-electron chi connectivity index (χ0n) is 21.6. The van der Waals surface area contributed by atoms with Crippen molar-refractivity contribution >= 4 is 41.1 Å². The van der Waals surface area contributed by atoms with Gasteiger partial charge in [-0.05, 0) is 51.8 Å². The fourth-order valence-electron chi connectivity index (χ4n) is 3.53. The van der Waals surface area contributed by atoms with E-state index in [0.717, 1.165) is 4.90 Å². The lowest BCUT2D eigenvalue weighted by molar-refractivity contribution is -0.137. The van der Waals surface area contributed by atoms with Gasteiger partial charge in [0.2, 0.25) is 5.91 Å². The number of nitrogens with zero attached hydrogens (tertiary/aromatic N) is 1. The number of hydrogen-bond acceptors (Lipinski definition) is 6. The first-order valence-corrected chi connectivity index (χ1v) is 12.0. The third-order valence-corrected chi connectivity index (χ3v) is 5.57. The average molecular weight is 543 g/mol. The first-order valence-electron chi connectivity index (χ1n) is 11.7. The van der Waals surface area contributed by atoms with E-state index in [9.17, 15) is 24.3 Å². The van der Waals surface area contributed by atoms with Gasteiger partial charge in [-0.15, -0.1) is 0 Å². The Balaban J connectivity index is 2.52. The number of aryl methyl sites for hydroxylation is 1. The van der Waals surface area contributed by atoms with E-state index in [1.165, 1.54) is 18.2 Å². The Labute approximate surface area is 226 Å². The monoisotopic (exact) mass is 542 g/mol. The number of carbonyl (C=O) groups is 4. The molecule has 0 saturated heterocycles. The van der Waals surface area contributed by atoms with Crippen LogP contribution in [0.15, 0.2) is 42.5 Å². The van der Waals surface area contributed by atoms with E-state index in [4.69, 9.17) is 28.5 Å². The summed E-state index contributed by atoms with van der Waals surface area (Å²) in [5.41, 5.74) is 5.34. The van der Waals surface area contributed by atoms with E-state index < -0.39 is 41.5 Å². The molecule has 11 heteroatoms.